The minimum atomic E-state index is -4.02. The van der Waals surface area contributed by atoms with Crippen LogP contribution in [-0.4, -0.2) is 54.1 Å². The maximum absolute atomic E-state index is 11.2. The average Bonchev–Trinajstić information content (AvgIpc) is 3.25. The third-order valence-electron chi connectivity index (χ3n) is 4.03. The molecule has 12 heteroatoms. The summed E-state index contributed by atoms with van der Waals surface area (Å²) in [5, 5.41) is 2.57. The van der Waals surface area contributed by atoms with Crippen molar-refractivity contribution in [2.45, 2.75) is 18.4 Å². The Balaban J connectivity index is 0.000000257. The smallest absolute Gasteiger partial charge is 0.416 e. The first kappa shape index (κ1) is 29.5. The Hall–Kier alpha value is -2.54. The molecule has 3 rings (SSSR count). The lowest BCUT2D eigenvalue weighted by molar-refractivity contribution is -0.692. The first-order valence-electron chi connectivity index (χ1n) is 10.1. The lowest BCUT2D eigenvalue weighted by Crippen LogP contribution is -2.34. The molecule has 0 aliphatic heterocycles. The van der Waals surface area contributed by atoms with Crippen LogP contribution in [0.3, 0.4) is 0 Å². The van der Waals surface area contributed by atoms with Crippen LogP contribution in [0.2, 0.25) is 0 Å². The largest absolute Gasteiger partial charge is 0.427 e. The van der Waals surface area contributed by atoms with E-state index in [4.69, 9.17) is 4.55 Å². The van der Waals surface area contributed by atoms with E-state index in [9.17, 15) is 18.0 Å². The van der Waals surface area contributed by atoms with Crippen molar-refractivity contribution in [2.75, 3.05) is 30.6 Å². The van der Waals surface area contributed by atoms with E-state index in [1.54, 1.807) is 23.9 Å². The van der Waals surface area contributed by atoms with Crippen molar-refractivity contribution in [2.24, 2.45) is 0 Å². The van der Waals surface area contributed by atoms with Crippen molar-refractivity contribution in [1.29, 1.82) is 0 Å². The Morgan fingerprint density at radius 2 is 1.71 bits per heavy atom. The molecule has 0 spiro atoms. The third-order valence-corrected chi connectivity index (χ3v) is 6.10. The molecule has 0 saturated carbocycles. The highest BCUT2D eigenvalue weighted by molar-refractivity contribution is 7.98. The number of nitrogens with one attached hydrogen (secondary N) is 1. The number of hydrogen-bond donors (Lipinski definition) is 2. The maximum Gasteiger partial charge on any atom is 0.427 e. The summed E-state index contributed by atoms with van der Waals surface area (Å²) in [6, 6.07) is 11.7. The first-order chi connectivity index (χ1) is 16.2. The van der Waals surface area contributed by atoms with Gasteiger partial charge in [0, 0.05) is 24.4 Å². The molecule has 34 heavy (non-hydrogen) atoms. The fourth-order valence-electron chi connectivity index (χ4n) is 2.25. The minimum Gasteiger partial charge on any atom is -0.416 e. The molecule has 9 nitrogen and oxygen atoms in total. The molecule has 3 aromatic rings. The molecule has 1 amide bonds. The standard InChI is InChI=1S/C8H12NS.C7H10N2O3S.C7H8O3S/c1-10-8-7-9-5-3-2-4-6-9;1-13-5-2-8-6(10)9-3-4-12-7(9)11;1-6-2-4-7(5-3-6)11(8,9)10/h2-6H,7-8H2,1H3;3-4H,2,5H2,1H3,(H,8,10);2-5H,1H3,(H,8,9,10)/q+1;;. The molecule has 2 N–H and O–H groups in total. The second kappa shape index (κ2) is 16.1. The van der Waals surface area contributed by atoms with Gasteiger partial charge in [-0.3, -0.25) is 4.55 Å². The SMILES string of the molecule is CSCCNC(=O)n1ccoc1=O.CSCC[n+]1ccccc1.Cc1ccc(S(=O)(=O)O)cc1. The van der Waals surface area contributed by atoms with E-state index in [1.807, 2.05) is 31.0 Å². The zero-order valence-electron chi connectivity index (χ0n) is 19.3. The van der Waals surface area contributed by atoms with E-state index >= 15 is 0 Å². The summed E-state index contributed by atoms with van der Waals surface area (Å²) in [4.78, 5) is 21.9. The van der Waals surface area contributed by atoms with Gasteiger partial charge in [0.05, 0.1) is 16.8 Å². The normalized spacial score (nSPS) is 10.4. The highest BCUT2D eigenvalue weighted by atomic mass is 32.2. The van der Waals surface area contributed by atoms with E-state index in [-0.39, 0.29) is 4.90 Å². The molecule has 0 fully saturated rings. The number of thioether (sulfide) groups is 2. The fraction of sp³-hybridized carbons (Fsp3) is 0.318. The van der Waals surface area contributed by atoms with Crippen molar-refractivity contribution >= 4 is 39.7 Å². The van der Waals surface area contributed by atoms with Crippen LogP contribution in [-0.2, 0) is 16.7 Å². The lowest BCUT2D eigenvalue weighted by atomic mass is 10.2. The molecular weight excluding hydrogens is 498 g/mol. The van der Waals surface area contributed by atoms with E-state index in [1.165, 1.54) is 30.3 Å². The van der Waals surface area contributed by atoms with Gasteiger partial charge in [-0.2, -0.15) is 31.9 Å². The van der Waals surface area contributed by atoms with Crippen molar-refractivity contribution in [3.63, 3.8) is 0 Å². The summed E-state index contributed by atoms with van der Waals surface area (Å²) in [5.74, 6) is 1.34. The van der Waals surface area contributed by atoms with Crippen LogP contribution < -0.4 is 15.6 Å². The predicted octanol–water partition coefficient (Wildman–Crippen LogP) is 2.94. The number of benzene rings is 1. The van der Waals surface area contributed by atoms with Crippen molar-refractivity contribution in [3.8, 4) is 0 Å². The number of carbonyl (C=O) groups excluding carboxylic acids is 1. The maximum atomic E-state index is 11.2. The molecular formula is C22H30N3O6S3+. The molecule has 0 saturated heterocycles. The van der Waals surface area contributed by atoms with Gasteiger partial charge in [-0.15, -0.1) is 0 Å². The summed E-state index contributed by atoms with van der Waals surface area (Å²) >= 11 is 3.50. The van der Waals surface area contributed by atoms with Gasteiger partial charge in [-0.1, -0.05) is 23.8 Å². The number of rotatable bonds is 7. The van der Waals surface area contributed by atoms with Gasteiger partial charge in [0.25, 0.3) is 10.1 Å². The zero-order chi connectivity index (χ0) is 25.4. The van der Waals surface area contributed by atoms with Gasteiger partial charge in [0.15, 0.2) is 18.9 Å². The third kappa shape index (κ3) is 12.1. The van der Waals surface area contributed by atoms with Crippen molar-refractivity contribution in [1.82, 2.24) is 9.88 Å². The number of aryl methyl sites for hydroxylation is 2. The summed E-state index contributed by atoms with van der Waals surface area (Å²) < 4.78 is 37.1. The predicted molar refractivity (Wildman–Crippen MR) is 136 cm³/mol. The van der Waals surface area contributed by atoms with Crippen molar-refractivity contribution < 1.29 is 26.7 Å². The van der Waals surface area contributed by atoms with Crippen LogP contribution in [0, 0.1) is 6.92 Å². The van der Waals surface area contributed by atoms with Crippen LogP contribution in [0.25, 0.3) is 0 Å². The van der Waals surface area contributed by atoms with Gasteiger partial charge in [0.2, 0.25) is 0 Å². The Morgan fingerprint density at radius 3 is 2.21 bits per heavy atom. The van der Waals surface area contributed by atoms with Crippen molar-refractivity contribution in [3.05, 3.63) is 83.4 Å². The molecule has 0 bridgehead atoms. The van der Waals surface area contributed by atoms with E-state index in [2.05, 4.69) is 45.1 Å². The first-order valence-corrected chi connectivity index (χ1v) is 14.3. The van der Waals surface area contributed by atoms with Crippen LogP contribution in [0.15, 0.2) is 81.4 Å². The molecule has 1 aromatic carbocycles. The van der Waals surface area contributed by atoms with Crippen LogP contribution in [0.1, 0.15) is 5.56 Å². The molecule has 2 aromatic heterocycles. The van der Waals surface area contributed by atoms with Crippen LogP contribution in [0.5, 0.6) is 0 Å². The number of oxazole rings is 1. The monoisotopic (exact) mass is 528 g/mol. The quantitative estimate of drug-likeness (QED) is 0.273. The molecule has 0 aliphatic rings. The second-order valence-electron chi connectivity index (χ2n) is 6.66. The summed E-state index contributed by atoms with van der Waals surface area (Å²) in [5.41, 5.74) is 0.956. The van der Waals surface area contributed by atoms with Gasteiger partial charge in [0.1, 0.15) is 6.26 Å². The number of hydrogen-bond acceptors (Lipinski definition) is 7. The molecule has 0 aliphatic carbocycles. The minimum absolute atomic E-state index is 0.0666. The zero-order valence-corrected chi connectivity index (χ0v) is 21.7. The highest BCUT2D eigenvalue weighted by Crippen LogP contribution is 2.08. The number of pyridine rings is 1. The summed E-state index contributed by atoms with van der Waals surface area (Å²) in [7, 11) is -4.02. The van der Waals surface area contributed by atoms with E-state index < -0.39 is 21.9 Å². The van der Waals surface area contributed by atoms with Gasteiger partial charge in [-0.05, 0) is 31.6 Å². The Kier molecular flexibility index (Phi) is 14.0. The molecule has 0 unspecified atom stereocenters. The van der Waals surface area contributed by atoms with Gasteiger partial charge in [-0.25, -0.2) is 18.7 Å². The van der Waals surface area contributed by atoms with Gasteiger partial charge >= 0.3 is 11.8 Å². The number of nitrogens with zero attached hydrogens (tertiary/aromatic N) is 2. The Bertz CT molecular complexity index is 1130. The van der Waals surface area contributed by atoms with Gasteiger partial charge < -0.3 is 9.73 Å². The molecule has 0 atom stereocenters. The fourth-order valence-corrected chi connectivity index (χ4v) is 3.43. The van der Waals surface area contributed by atoms with E-state index in [0.717, 1.165) is 22.4 Å². The average molecular weight is 529 g/mol. The van der Waals surface area contributed by atoms with Crippen LogP contribution in [0.4, 0.5) is 4.79 Å². The highest BCUT2D eigenvalue weighted by Gasteiger charge is 2.07. The lowest BCUT2D eigenvalue weighted by Gasteiger charge is -2.01. The Morgan fingerprint density at radius 1 is 1.09 bits per heavy atom. The summed E-state index contributed by atoms with van der Waals surface area (Å²) in [6.45, 7) is 3.49. The van der Waals surface area contributed by atoms with Crippen LogP contribution >= 0.6 is 23.5 Å². The molecule has 186 valence electrons. The number of amides is 1. The van der Waals surface area contributed by atoms with E-state index in [0.29, 0.717) is 6.54 Å². The number of aromatic nitrogens is 2. The second-order valence-corrected chi connectivity index (χ2v) is 10.1. The molecule has 0 radical (unpaired) electrons. The molecule has 2 heterocycles. The number of carbonyl (C=O) groups is 1. The summed E-state index contributed by atoms with van der Waals surface area (Å²) in [6.07, 6.45) is 10.7. The Labute approximate surface area is 208 Å². The topological polar surface area (TPSA) is 122 Å².